The minimum atomic E-state index is -0.169. The Morgan fingerprint density at radius 3 is 2.96 bits per heavy atom. The van der Waals surface area contributed by atoms with E-state index in [2.05, 4.69) is 25.4 Å². The van der Waals surface area contributed by atoms with E-state index in [1.165, 1.54) is 4.80 Å². The summed E-state index contributed by atoms with van der Waals surface area (Å²) in [5.41, 5.74) is 2.02. The molecular weight excluding hydrogens is 330 g/mol. The van der Waals surface area contributed by atoms with Gasteiger partial charge in [0.2, 0.25) is 5.82 Å². The van der Waals surface area contributed by atoms with Gasteiger partial charge in [0.15, 0.2) is 0 Å². The van der Waals surface area contributed by atoms with Crippen LogP contribution >= 0.6 is 11.6 Å². The predicted molar refractivity (Wildman–Crippen MR) is 88.5 cm³/mol. The Labute approximate surface area is 143 Å². The van der Waals surface area contributed by atoms with Crippen molar-refractivity contribution in [2.45, 2.75) is 12.6 Å². The maximum Gasteiger partial charge on any atom is 0.204 e. The van der Waals surface area contributed by atoms with Crippen LogP contribution < -0.4 is 0 Å². The molecule has 0 N–H and O–H groups in total. The van der Waals surface area contributed by atoms with Gasteiger partial charge in [-0.25, -0.2) is 0 Å². The van der Waals surface area contributed by atoms with Gasteiger partial charge in [-0.05, 0) is 17.3 Å². The summed E-state index contributed by atoms with van der Waals surface area (Å²) >= 11 is 6.39. The summed E-state index contributed by atoms with van der Waals surface area (Å²) in [7, 11) is 3.69. The van der Waals surface area contributed by atoms with E-state index in [4.69, 9.17) is 16.3 Å². The van der Waals surface area contributed by atoms with Crippen LogP contribution in [0.4, 0.5) is 0 Å². The Hall–Kier alpha value is -2.03. The number of fused-ring (bicyclic) bond motifs is 1. The predicted octanol–water partition coefficient (Wildman–Crippen LogP) is 1.32. The highest BCUT2D eigenvalue weighted by Crippen LogP contribution is 2.28. The van der Waals surface area contributed by atoms with E-state index in [9.17, 15) is 0 Å². The number of aromatic nitrogens is 6. The van der Waals surface area contributed by atoms with Crippen LogP contribution in [0.5, 0.6) is 0 Å². The van der Waals surface area contributed by atoms with Gasteiger partial charge in [0, 0.05) is 32.1 Å². The summed E-state index contributed by atoms with van der Waals surface area (Å²) in [4.78, 5) is 3.74. The monoisotopic (exact) mass is 347 g/mol. The summed E-state index contributed by atoms with van der Waals surface area (Å²) in [5.74, 6) is 0.617. The molecule has 0 amide bonds. The lowest BCUT2D eigenvalue weighted by Gasteiger charge is -2.30. The second kappa shape index (κ2) is 6.12. The van der Waals surface area contributed by atoms with Crippen LogP contribution in [-0.2, 0) is 25.4 Å². The lowest BCUT2D eigenvalue weighted by molar-refractivity contribution is -0.0376. The molecule has 0 saturated carbocycles. The molecule has 9 heteroatoms. The van der Waals surface area contributed by atoms with Crippen molar-refractivity contribution in [1.29, 1.82) is 0 Å². The minimum absolute atomic E-state index is 0.169. The van der Waals surface area contributed by atoms with Gasteiger partial charge in [-0.1, -0.05) is 17.7 Å². The molecule has 1 aliphatic heterocycles. The second-order valence-electron chi connectivity index (χ2n) is 5.94. The van der Waals surface area contributed by atoms with Crippen molar-refractivity contribution < 1.29 is 4.74 Å². The maximum atomic E-state index is 6.39. The lowest BCUT2D eigenvalue weighted by atomic mass is 10.2. The molecule has 0 bridgehead atoms. The average Bonchev–Trinajstić information content (AvgIpc) is 3.13. The molecule has 3 aromatic rings. The van der Waals surface area contributed by atoms with E-state index in [0.717, 1.165) is 28.2 Å². The van der Waals surface area contributed by atoms with Crippen LogP contribution in [0.3, 0.4) is 0 Å². The van der Waals surface area contributed by atoms with Gasteiger partial charge in [0.1, 0.15) is 6.10 Å². The Morgan fingerprint density at radius 2 is 2.17 bits per heavy atom. The van der Waals surface area contributed by atoms with Gasteiger partial charge < -0.3 is 4.74 Å². The van der Waals surface area contributed by atoms with Crippen LogP contribution in [0.2, 0.25) is 5.02 Å². The summed E-state index contributed by atoms with van der Waals surface area (Å²) in [5, 5.41) is 18.6. The quantitative estimate of drug-likeness (QED) is 0.711. The van der Waals surface area contributed by atoms with Crippen LogP contribution in [0.25, 0.3) is 10.9 Å². The standard InChI is InChI=1S/C15H18ClN7O/c1-21-12-5-3-4-10(16)14(12)11(18-21)8-23-6-7-24-13(9-23)15-17-20-22(2)19-15/h3-5,13H,6-9H2,1-2H3. The molecule has 3 heterocycles. The topological polar surface area (TPSA) is 73.9 Å². The van der Waals surface area contributed by atoms with Crippen molar-refractivity contribution in [3.8, 4) is 0 Å². The Kier molecular flexibility index (Phi) is 3.95. The molecule has 24 heavy (non-hydrogen) atoms. The Morgan fingerprint density at radius 1 is 1.29 bits per heavy atom. The molecule has 1 saturated heterocycles. The highest BCUT2D eigenvalue weighted by Gasteiger charge is 2.26. The molecule has 0 aliphatic carbocycles. The van der Waals surface area contributed by atoms with Crippen molar-refractivity contribution >= 4 is 22.5 Å². The highest BCUT2D eigenvalue weighted by molar-refractivity contribution is 6.35. The molecule has 1 aromatic carbocycles. The fourth-order valence-electron chi connectivity index (χ4n) is 3.11. The van der Waals surface area contributed by atoms with E-state index >= 15 is 0 Å². The maximum absolute atomic E-state index is 6.39. The molecule has 0 radical (unpaired) electrons. The first-order valence-electron chi connectivity index (χ1n) is 7.80. The molecule has 1 fully saturated rings. The highest BCUT2D eigenvalue weighted by atomic mass is 35.5. The van der Waals surface area contributed by atoms with Crippen LogP contribution in [-0.4, -0.2) is 54.6 Å². The van der Waals surface area contributed by atoms with Gasteiger partial charge >= 0.3 is 0 Å². The van der Waals surface area contributed by atoms with Gasteiger partial charge in [0.05, 0.1) is 29.9 Å². The number of benzene rings is 1. The fourth-order valence-corrected chi connectivity index (χ4v) is 3.38. The molecule has 8 nitrogen and oxygen atoms in total. The smallest absolute Gasteiger partial charge is 0.204 e. The van der Waals surface area contributed by atoms with Gasteiger partial charge in [-0.2, -0.15) is 9.90 Å². The summed E-state index contributed by atoms with van der Waals surface area (Å²) in [6.07, 6.45) is -0.169. The number of aryl methyl sites for hydroxylation is 2. The van der Waals surface area contributed by atoms with Crippen molar-refractivity contribution in [2.75, 3.05) is 19.7 Å². The molecular formula is C15H18ClN7O. The van der Waals surface area contributed by atoms with E-state index in [0.29, 0.717) is 25.5 Å². The molecule has 4 rings (SSSR count). The van der Waals surface area contributed by atoms with E-state index in [-0.39, 0.29) is 6.10 Å². The summed E-state index contributed by atoms with van der Waals surface area (Å²) < 4.78 is 7.66. The third-order valence-corrected chi connectivity index (χ3v) is 4.55. The lowest BCUT2D eigenvalue weighted by Crippen LogP contribution is -2.38. The Bertz CT molecular complexity index is 874. The van der Waals surface area contributed by atoms with Crippen molar-refractivity contribution in [3.05, 3.63) is 34.7 Å². The number of ether oxygens (including phenoxy) is 1. The van der Waals surface area contributed by atoms with Crippen molar-refractivity contribution in [2.24, 2.45) is 14.1 Å². The number of hydrogen-bond acceptors (Lipinski definition) is 6. The second-order valence-corrected chi connectivity index (χ2v) is 6.34. The molecule has 1 unspecified atom stereocenters. The first-order chi connectivity index (χ1) is 11.6. The third kappa shape index (κ3) is 2.77. The zero-order chi connectivity index (χ0) is 16.7. The van der Waals surface area contributed by atoms with E-state index in [1.807, 2.05) is 29.9 Å². The van der Waals surface area contributed by atoms with Gasteiger partial charge in [-0.3, -0.25) is 9.58 Å². The number of hydrogen-bond donors (Lipinski definition) is 0. The van der Waals surface area contributed by atoms with Crippen molar-refractivity contribution in [3.63, 3.8) is 0 Å². The summed E-state index contributed by atoms with van der Waals surface area (Å²) in [6, 6.07) is 5.88. The first kappa shape index (κ1) is 15.5. The number of nitrogens with zero attached hydrogens (tertiary/aromatic N) is 7. The Balaban J connectivity index is 1.57. The number of halogens is 1. The largest absolute Gasteiger partial charge is 0.367 e. The zero-order valence-electron chi connectivity index (χ0n) is 13.6. The van der Waals surface area contributed by atoms with Gasteiger partial charge in [0.25, 0.3) is 0 Å². The normalized spacial score (nSPS) is 19.2. The van der Waals surface area contributed by atoms with Gasteiger partial charge in [-0.15, -0.1) is 10.2 Å². The zero-order valence-corrected chi connectivity index (χ0v) is 14.3. The molecule has 2 aromatic heterocycles. The minimum Gasteiger partial charge on any atom is -0.367 e. The molecule has 0 spiro atoms. The van der Waals surface area contributed by atoms with Crippen LogP contribution in [0.15, 0.2) is 18.2 Å². The van der Waals surface area contributed by atoms with E-state index < -0.39 is 0 Å². The third-order valence-electron chi connectivity index (χ3n) is 4.24. The number of tetrazole rings is 1. The van der Waals surface area contributed by atoms with Crippen LogP contribution in [0.1, 0.15) is 17.6 Å². The SMILES string of the molecule is Cn1nnc(C2CN(Cc3nn(C)c4cccc(Cl)c34)CCO2)n1. The van der Waals surface area contributed by atoms with E-state index in [1.54, 1.807) is 7.05 Å². The molecule has 126 valence electrons. The molecule has 1 aliphatic rings. The van der Waals surface area contributed by atoms with Crippen molar-refractivity contribution in [1.82, 2.24) is 34.9 Å². The number of rotatable bonds is 3. The number of morpholine rings is 1. The molecule has 1 atom stereocenters. The summed E-state index contributed by atoms with van der Waals surface area (Å²) in [6.45, 7) is 2.87. The fraction of sp³-hybridized carbons (Fsp3) is 0.467. The first-order valence-corrected chi connectivity index (χ1v) is 8.17. The average molecular weight is 348 g/mol. The van der Waals surface area contributed by atoms with Crippen LogP contribution in [0, 0.1) is 0 Å².